The van der Waals surface area contributed by atoms with Crippen molar-refractivity contribution in [3.63, 3.8) is 0 Å². The zero-order chi connectivity index (χ0) is 5.86. The molecule has 7 heavy (non-hydrogen) atoms. The van der Waals surface area contributed by atoms with E-state index in [2.05, 4.69) is 4.53 Å². The first kappa shape index (κ1) is 6.02. The van der Waals surface area contributed by atoms with Crippen LogP contribution in [0.25, 0.3) is 0 Å². The van der Waals surface area contributed by atoms with Crippen molar-refractivity contribution in [1.29, 1.82) is 0 Å². The van der Waals surface area contributed by atoms with Gasteiger partial charge in [-0.25, -0.2) is 4.53 Å². The van der Waals surface area contributed by atoms with Crippen LogP contribution in [0.15, 0.2) is 0 Å². The highest BCUT2D eigenvalue weighted by Crippen LogP contribution is 1.66. The van der Waals surface area contributed by atoms with Crippen LogP contribution < -0.4 is 0 Å². The van der Waals surface area contributed by atoms with Crippen LogP contribution in [0.3, 0.4) is 0 Å². The van der Waals surface area contributed by atoms with Crippen LogP contribution in [0.5, 0.6) is 0 Å². The molecule has 40 valence electrons. The summed E-state index contributed by atoms with van der Waals surface area (Å²) in [5.41, 5.74) is 0. The van der Waals surface area contributed by atoms with Crippen LogP contribution in [-0.4, -0.2) is 19.1 Å². The van der Waals surface area contributed by atoms with Gasteiger partial charge in [-0.15, -0.1) is 10.1 Å². The first-order valence-electron chi connectivity index (χ1n) is 1.18. The predicted octanol–water partition coefficient (Wildman–Crippen LogP) is -1.40. The van der Waals surface area contributed by atoms with Gasteiger partial charge in [0.05, 0.1) is 0 Å². The molecule has 0 aliphatic carbocycles. The average Bonchev–Trinajstić information content (AvgIpc) is 1.27. The Labute approximate surface area is 39.3 Å². The topological polar surface area (TPSA) is 89.7 Å². The summed E-state index contributed by atoms with van der Waals surface area (Å²) in [5, 5.41) is 7.74. The highest BCUT2D eigenvalue weighted by atomic mass is 28.3. The summed E-state index contributed by atoms with van der Waals surface area (Å²) in [6.45, 7) is 0. The Kier molecular flexibility index (Phi) is 1.92. The van der Waals surface area contributed by atoms with Crippen LogP contribution in [-0.2, 0) is 8.99 Å². The van der Waals surface area contributed by atoms with E-state index in [1.54, 1.807) is 0 Å². The second-order valence-electron chi connectivity index (χ2n) is 0.581. The molecule has 0 aromatic rings. The minimum absolute atomic E-state index is 1.32. The van der Waals surface area contributed by atoms with Gasteiger partial charge in [0.2, 0.25) is 0 Å². The van der Waals surface area contributed by atoms with Crippen molar-refractivity contribution in [2.75, 3.05) is 0 Å². The largest absolute Gasteiger partial charge is 0.713 e. The zero-order valence-electron chi connectivity index (χ0n) is 3.03. The van der Waals surface area contributed by atoms with Crippen LogP contribution in [0.1, 0.15) is 0 Å². The lowest BCUT2D eigenvalue weighted by atomic mass is 13.1. The maximum absolute atomic E-state index is 9.33. The number of nitrogens with zero attached hydrogens (tertiary/aromatic N) is 1. The minimum atomic E-state index is -3.38. The third kappa shape index (κ3) is 5.02. The maximum atomic E-state index is 9.33. The molecular weight excluding hydrogens is 122 g/mol. The number of hydrogen-bond donors (Lipinski definition) is 1. The molecule has 0 radical (unpaired) electrons. The fourth-order valence-corrected chi connectivity index (χ4v) is 0.191. The average molecular weight is 123 g/mol. The lowest BCUT2D eigenvalue weighted by molar-refractivity contribution is -0.722. The van der Waals surface area contributed by atoms with Crippen molar-refractivity contribution in [3.05, 3.63) is 10.1 Å². The third-order valence-electron chi connectivity index (χ3n) is 0.153. The molecule has 0 aliphatic heterocycles. The SMILES string of the molecule is O=[N+]([O-])O[Si](=O)O. The first-order valence-corrected chi connectivity index (χ1v) is 2.44. The quantitative estimate of drug-likeness (QED) is 0.277. The normalized spacial score (nSPS) is 7.43. The van der Waals surface area contributed by atoms with E-state index in [0.29, 0.717) is 0 Å². The standard InChI is InChI=1S/HNO5Si/c2-1(3)6-7(4)5/h4H. The molecule has 0 unspecified atom stereocenters. The van der Waals surface area contributed by atoms with Crippen molar-refractivity contribution < 1.29 is 18.9 Å². The molecule has 7 heteroatoms. The van der Waals surface area contributed by atoms with Gasteiger partial charge in [0.25, 0.3) is 5.09 Å². The van der Waals surface area contributed by atoms with Gasteiger partial charge < -0.3 is 9.26 Å². The summed E-state index contributed by atoms with van der Waals surface area (Å²) in [6, 6.07) is 0. The molecular formula is HNO5Si. The summed E-state index contributed by atoms with van der Waals surface area (Å²) >= 11 is 0. The fraction of sp³-hybridized carbons (Fsp3) is 0. The Morgan fingerprint density at radius 2 is 2.29 bits per heavy atom. The molecule has 0 bridgehead atoms. The Bertz CT molecular complexity index is 84.3. The van der Waals surface area contributed by atoms with Gasteiger partial charge in [-0.05, 0) is 0 Å². The summed E-state index contributed by atoms with van der Waals surface area (Å²) in [7, 11) is -3.38. The molecule has 0 aliphatic rings. The second kappa shape index (κ2) is 2.24. The van der Waals surface area contributed by atoms with Crippen molar-refractivity contribution >= 4 is 9.17 Å². The molecule has 0 aromatic heterocycles. The van der Waals surface area contributed by atoms with E-state index in [1.165, 1.54) is 0 Å². The third-order valence-corrected chi connectivity index (χ3v) is 0.458. The fourth-order valence-electron chi connectivity index (χ4n) is 0.0638. The van der Waals surface area contributed by atoms with Gasteiger partial charge in [0, 0.05) is 0 Å². The van der Waals surface area contributed by atoms with Gasteiger partial charge in [-0.3, -0.25) is 0 Å². The Balaban J connectivity index is 3.32. The van der Waals surface area contributed by atoms with E-state index in [4.69, 9.17) is 14.9 Å². The van der Waals surface area contributed by atoms with E-state index >= 15 is 0 Å². The van der Waals surface area contributed by atoms with E-state index < -0.39 is 14.3 Å². The van der Waals surface area contributed by atoms with Crippen molar-refractivity contribution in [1.82, 2.24) is 0 Å². The van der Waals surface area contributed by atoms with Gasteiger partial charge >= 0.3 is 9.17 Å². The molecule has 0 amide bonds. The monoisotopic (exact) mass is 123 g/mol. The molecule has 0 fully saturated rings. The minimum Gasteiger partial charge on any atom is -0.523 e. The molecule has 0 rings (SSSR count). The molecule has 6 nitrogen and oxygen atoms in total. The van der Waals surface area contributed by atoms with Crippen molar-refractivity contribution in [2.24, 2.45) is 0 Å². The lowest BCUT2D eigenvalue weighted by Crippen LogP contribution is -2.10. The highest BCUT2D eigenvalue weighted by molar-refractivity contribution is 6.23. The molecule has 0 saturated carbocycles. The summed E-state index contributed by atoms with van der Waals surface area (Å²) in [6.07, 6.45) is 0. The highest BCUT2D eigenvalue weighted by Gasteiger charge is 2.06. The van der Waals surface area contributed by atoms with E-state index in [9.17, 15) is 4.46 Å². The van der Waals surface area contributed by atoms with Gasteiger partial charge in [-0.1, -0.05) is 0 Å². The molecule has 0 atom stereocenters. The van der Waals surface area contributed by atoms with Crippen LogP contribution in [0, 0.1) is 10.1 Å². The molecule has 1 N–H and O–H groups in total. The Hall–Kier alpha value is -0.983. The summed E-state index contributed by atoms with van der Waals surface area (Å²) in [4.78, 5) is 16.7. The number of rotatable bonds is 2. The molecule has 0 spiro atoms. The van der Waals surface area contributed by atoms with Crippen LogP contribution in [0.2, 0.25) is 0 Å². The predicted molar refractivity (Wildman–Crippen MR) is 16.7 cm³/mol. The second-order valence-corrected chi connectivity index (χ2v) is 1.30. The van der Waals surface area contributed by atoms with Gasteiger partial charge in [-0.2, -0.15) is 0 Å². The summed E-state index contributed by atoms with van der Waals surface area (Å²) < 4.78 is 12.4. The van der Waals surface area contributed by atoms with E-state index in [-0.39, 0.29) is 0 Å². The van der Waals surface area contributed by atoms with Crippen LogP contribution in [0.4, 0.5) is 0 Å². The van der Waals surface area contributed by atoms with Gasteiger partial charge in [0.15, 0.2) is 0 Å². The zero-order valence-corrected chi connectivity index (χ0v) is 4.03. The first-order chi connectivity index (χ1) is 3.13. The maximum Gasteiger partial charge on any atom is 0.713 e. The van der Waals surface area contributed by atoms with Crippen LogP contribution >= 0.6 is 0 Å². The number of hydrogen-bond acceptors (Lipinski definition) is 4. The summed E-state index contributed by atoms with van der Waals surface area (Å²) in [5.74, 6) is 0. The van der Waals surface area contributed by atoms with Crippen molar-refractivity contribution in [2.45, 2.75) is 0 Å². The smallest absolute Gasteiger partial charge is 0.523 e. The Morgan fingerprint density at radius 3 is 2.29 bits per heavy atom. The molecule has 0 saturated heterocycles. The van der Waals surface area contributed by atoms with Crippen molar-refractivity contribution in [3.8, 4) is 0 Å². The van der Waals surface area contributed by atoms with Gasteiger partial charge in [0.1, 0.15) is 0 Å². The lowest BCUT2D eigenvalue weighted by Gasteiger charge is -1.79. The molecule has 0 aromatic carbocycles. The van der Waals surface area contributed by atoms with E-state index in [0.717, 1.165) is 0 Å². The molecule has 0 heterocycles. The van der Waals surface area contributed by atoms with E-state index in [1.807, 2.05) is 0 Å². The Morgan fingerprint density at radius 1 is 1.86 bits per heavy atom.